The maximum atomic E-state index is 12.5. The van der Waals surface area contributed by atoms with Crippen LogP contribution in [0.5, 0.6) is 0 Å². The standard InChI is InChI=1S/C16H10N2O2/c19-16-11-6-2-4-8-14(11)18(20)15(16)12-9-17-13-7-3-1-5-10(12)13/h1-9,20H/b15-12+. The van der Waals surface area contributed by atoms with Crippen molar-refractivity contribution in [2.75, 3.05) is 5.06 Å². The summed E-state index contributed by atoms with van der Waals surface area (Å²) in [7, 11) is 0. The van der Waals surface area contributed by atoms with Gasteiger partial charge in [-0.05, 0) is 18.2 Å². The fourth-order valence-electron chi connectivity index (χ4n) is 2.64. The van der Waals surface area contributed by atoms with Crippen LogP contribution in [0.2, 0.25) is 0 Å². The van der Waals surface area contributed by atoms with Crippen LogP contribution in [0.1, 0.15) is 15.9 Å². The number of hydrogen-bond acceptors (Lipinski definition) is 4. The van der Waals surface area contributed by atoms with Gasteiger partial charge in [-0.2, -0.15) is 0 Å². The number of nitrogens with zero attached hydrogens (tertiary/aromatic N) is 2. The number of benzene rings is 2. The van der Waals surface area contributed by atoms with E-state index in [0.29, 0.717) is 16.8 Å². The number of aliphatic imine (C=N–C) groups is 1. The quantitative estimate of drug-likeness (QED) is 0.742. The third-order valence-corrected chi connectivity index (χ3v) is 3.59. The lowest BCUT2D eigenvalue weighted by Gasteiger charge is -2.13. The molecule has 0 aliphatic carbocycles. The largest absolute Gasteiger partial charge is 0.287 e. The van der Waals surface area contributed by atoms with E-state index in [1.165, 1.54) is 0 Å². The van der Waals surface area contributed by atoms with Crippen molar-refractivity contribution < 1.29 is 10.0 Å². The molecule has 1 N–H and O–H groups in total. The van der Waals surface area contributed by atoms with Crippen molar-refractivity contribution in [3.63, 3.8) is 0 Å². The lowest BCUT2D eigenvalue weighted by Crippen LogP contribution is -2.17. The summed E-state index contributed by atoms with van der Waals surface area (Å²) in [5, 5.41) is 11.2. The Morgan fingerprint density at radius 1 is 0.950 bits per heavy atom. The van der Waals surface area contributed by atoms with Crippen molar-refractivity contribution in [2.45, 2.75) is 0 Å². The smallest absolute Gasteiger partial charge is 0.214 e. The Kier molecular flexibility index (Phi) is 2.16. The van der Waals surface area contributed by atoms with Crippen LogP contribution in [-0.2, 0) is 0 Å². The first-order chi connectivity index (χ1) is 9.77. The minimum atomic E-state index is -0.179. The summed E-state index contributed by atoms with van der Waals surface area (Å²) in [6, 6.07) is 14.6. The summed E-state index contributed by atoms with van der Waals surface area (Å²) < 4.78 is 0. The molecule has 4 rings (SSSR count). The number of ketones is 1. The highest BCUT2D eigenvalue weighted by atomic mass is 16.5. The third kappa shape index (κ3) is 1.34. The number of para-hydroxylation sites is 2. The molecule has 0 unspecified atom stereocenters. The number of allylic oxidation sites excluding steroid dienone is 2. The Morgan fingerprint density at radius 3 is 2.45 bits per heavy atom. The Balaban J connectivity index is 1.96. The highest BCUT2D eigenvalue weighted by molar-refractivity contribution is 6.30. The first kappa shape index (κ1) is 11.1. The van der Waals surface area contributed by atoms with Crippen LogP contribution in [-0.4, -0.2) is 17.2 Å². The average molecular weight is 262 g/mol. The normalized spacial score (nSPS) is 19.4. The van der Waals surface area contributed by atoms with Gasteiger partial charge in [-0.15, -0.1) is 0 Å². The van der Waals surface area contributed by atoms with Crippen LogP contribution >= 0.6 is 0 Å². The van der Waals surface area contributed by atoms with Gasteiger partial charge in [0, 0.05) is 17.4 Å². The number of anilines is 1. The predicted molar refractivity (Wildman–Crippen MR) is 76.6 cm³/mol. The van der Waals surface area contributed by atoms with E-state index in [4.69, 9.17) is 0 Å². The van der Waals surface area contributed by atoms with Crippen molar-refractivity contribution in [3.8, 4) is 0 Å². The third-order valence-electron chi connectivity index (χ3n) is 3.59. The zero-order valence-corrected chi connectivity index (χ0v) is 10.4. The Bertz CT molecular complexity index is 806. The second-order valence-corrected chi connectivity index (χ2v) is 4.70. The molecule has 4 nitrogen and oxygen atoms in total. The van der Waals surface area contributed by atoms with Gasteiger partial charge in [-0.3, -0.25) is 15.0 Å². The maximum absolute atomic E-state index is 12.5. The molecule has 0 saturated carbocycles. The zero-order valence-electron chi connectivity index (χ0n) is 10.4. The average Bonchev–Trinajstić information content (AvgIpc) is 3.01. The van der Waals surface area contributed by atoms with E-state index in [1.54, 1.807) is 30.5 Å². The number of carbonyl (C=O) groups excluding carboxylic acids is 1. The van der Waals surface area contributed by atoms with E-state index in [9.17, 15) is 10.0 Å². The first-order valence-corrected chi connectivity index (χ1v) is 6.28. The maximum Gasteiger partial charge on any atom is 0.214 e. The minimum Gasteiger partial charge on any atom is -0.287 e. The summed E-state index contributed by atoms with van der Waals surface area (Å²) in [4.78, 5) is 16.8. The zero-order chi connectivity index (χ0) is 13.7. The molecule has 0 radical (unpaired) electrons. The van der Waals surface area contributed by atoms with E-state index >= 15 is 0 Å². The highest BCUT2D eigenvalue weighted by Crippen LogP contribution is 2.40. The van der Waals surface area contributed by atoms with Gasteiger partial charge in [0.2, 0.25) is 5.78 Å². The molecule has 2 heterocycles. The summed E-state index contributed by atoms with van der Waals surface area (Å²) in [5.74, 6) is -0.179. The van der Waals surface area contributed by atoms with Gasteiger partial charge >= 0.3 is 0 Å². The molecule has 2 aliphatic heterocycles. The van der Waals surface area contributed by atoms with E-state index < -0.39 is 0 Å². The molecule has 0 saturated heterocycles. The SMILES string of the molecule is O=C1/C(=C2/C=Nc3ccccc32)N(O)c2ccccc21. The monoisotopic (exact) mass is 262 g/mol. The van der Waals surface area contributed by atoms with Crippen LogP contribution in [0.4, 0.5) is 11.4 Å². The number of hydrogen-bond donors (Lipinski definition) is 1. The molecule has 4 heteroatoms. The van der Waals surface area contributed by atoms with E-state index in [0.717, 1.165) is 16.3 Å². The van der Waals surface area contributed by atoms with Crippen molar-refractivity contribution in [1.29, 1.82) is 0 Å². The number of rotatable bonds is 0. The molecule has 0 fully saturated rings. The second kappa shape index (κ2) is 3.88. The van der Waals surface area contributed by atoms with Gasteiger partial charge in [0.05, 0.1) is 16.9 Å². The summed E-state index contributed by atoms with van der Waals surface area (Å²) in [5.41, 5.74) is 3.62. The topological polar surface area (TPSA) is 52.9 Å². The number of carbonyl (C=O) groups is 1. The fraction of sp³-hybridized carbons (Fsp3) is 0. The van der Waals surface area contributed by atoms with Crippen LogP contribution in [0.25, 0.3) is 5.57 Å². The molecule has 0 aromatic heterocycles. The molecule has 0 atom stereocenters. The van der Waals surface area contributed by atoms with Gasteiger partial charge < -0.3 is 0 Å². The van der Waals surface area contributed by atoms with E-state index in [-0.39, 0.29) is 11.5 Å². The van der Waals surface area contributed by atoms with Crippen molar-refractivity contribution in [1.82, 2.24) is 0 Å². The molecular formula is C16H10N2O2. The fourth-order valence-corrected chi connectivity index (χ4v) is 2.64. The van der Waals surface area contributed by atoms with E-state index in [1.807, 2.05) is 24.3 Å². The lowest BCUT2D eigenvalue weighted by molar-refractivity contribution is 0.103. The number of hydroxylamine groups is 1. The summed E-state index contributed by atoms with van der Waals surface area (Å²) in [6.45, 7) is 0. The van der Waals surface area contributed by atoms with Crippen molar-refractivity contribution in [3.05, 3.63) is 65.4 Å². The molecule has 0 amide bonds. The van der Waals surface area contributed by atoms with Crippen LogP contribution < -0.4 is 5.06 Å². The molecule has 0 spiro atoms. The van der Waals surface area contributed by atoms with Gasteiger partial charge in [0.25, 0.3) is 0 Å². The summed E-state index contributed by atoms with van der Waals surface area (Å²) in [6.07, 6.45) is 1.63. The Hall–Kier alpha value is -2.72. The molecule has 2 aromatic carbocycles. The van der Waals surface area contributed by atoms with E-state index in [2.05, 4.69) is 4.99 Å². The summed E-state index contributed by atoms with van der Waals surface area (Å²) >= 11 is 0. The lowest BCUT2D eigenvalue weighted by atomic mass is 10.0. The minimum absolute atomic E-state index is 0.179. The molecular weight excluding hydrogens is 252 g/mol. The Morgan fingerprint density at radius 2 is 1.65 bits per heavy atom. The van der Waals surface area contributed by atoms with Gasteiger partial charge in [0.1, 0.15) is 5.70 Å². The first-order valence-electron chi connectivity index (χ1n) is 6.28. The number of Topliss-reactive ketones (excluding diaryl/α,β-unsaturated/α-hetero) is 1. The molecule has 20 heavy (non-hydrogen) atoms. The molecule has 2 aromatic rings. The van der Waals surface area contributed by atoms with Crippen LogP contribution in [0.15, 0.2) is 59.2 Å². The van der Waals surface area contributed by atoms with Gasteiger partial charge in [-0.25, -0.2) is 5.06 Å². The highest BCUT2D eigenvalue weighted by Gasteiger charge is 2.35. The predicted octanol–water partition coefficient (Wildman–Crippen LogP) is 3.21. The van der Waals surface area contributed by atoms with Gasteiger partial charge in [-0.1, -0.05) is 30.3 Å². The second-order valence-electron chi connectivity index (χ2n) is 4.70. The molecule has 0 bridgehead atoms. The van der Waals surface area contributed by atoms with Crippen molar-refractivity contribution in [2.24, 2.45) is 4.99 Å². The molecule has 2 aliphatic rings. The number of fused-ring (bicyclic) bond motifs is 2. The van der Waals surface area contributed by atoms with Crippen LogP contribution in [0, 0.1) is 0 Å². The van der Waals surface area contributed by atoms with Crippen LogP contribution in [0.3, 0.4) is 0 Å². The molecule has 96 valence electrons. The van der Waals surface area contributed by atoms with Crippen molar-refractivity contribution >= 4 is 28.9 Å². The van der Waals surface area contributed by atoms with Gasteiger partial charge in [0.15, 0.2) is 0 Å². The Labute approximate surface area is 115 Å².